The molecule has 1 amide bonds. The Balaban J connectivity index is 1.67. The predicted octanol–water partition coefficient (Wildman–Crippen LogP) is 0.301. The first-order valence-electron chi connectivity index (χ1n) is 8.07. The summed E-state index contributed by atoms with van der Waals surface area (Å²) in [6, 6.07) is 3.29. The molecule has 3 rings (SSSR count). The van der Waals surface area contributed by atoms with Gasteiger partial charge in [-0.3, -0.25) is 14.7 Å². The van der Waals surface area contributed by atoms with Gasteiger partial charge in [-0.05, 0) is 11.6 Å². The number of ether oxygens (including phenoxy) is 2. The molecule has 9 heteroatoms. The number of nitrogens with one attached hydrogen (secondary N) is 1. The molecule has 3 heterocycles. The molecular weight excluding hydrogens is 326 g/mol. The van der Waals surface area contributed by atoms with Crippen LogP contribution in [-0.2, 0) is 27.4 Å². The van der Waals surface area contributed by atoms with Gasteiger partial charge in [-0.1, -0.05) is 11.2 Å². The first-order chi connectivity index (χ1) is 12.3. The molecule has 0 aromatic carbocycles. The smallest absolute Gasteiger partial charge is 0.246 e. The number of aromatic nitrogens is 3. The molecule has 1 aliphatic rings. The van der Waals surface area contributed by atoms with Crippen LogP contribution in [0.2, 0.25) is 0 Å². The number of methoxy groups -OCH3 is 1. The Morgan fingerprint density at radius 1 is 1.44 bits per heavy atom. The van der Waals surface area contributed by atoms with Gasteiger partial charge in [-0.15, -0.1) is 0 Å². The van der Waals surface area contributed by atoms with E-state index in [0.29, 0.717) is 38.0 Å². The average Bonchev–Trinajstić information content (AvgIpc) is 3.10. The number of amides is 1. The van der Waals surface area contributed by atoms with Crippen LogP contribution in [0.5, 0.6) is 0 Å². The number of carbonyl (C=O) groups is 1. The van der Waals surface area contributed by atoms with Crippen molar-refractivity contribution in [1.82, 2.24) is 25.3 Å². The SMILES string of the molecule is COCc1noc(CNC(=O)[C@@H](c2cccnc2)N2CCOCC2)n1. The lowest BCUT2D eigenvalue weighted by molar-refractivity contribution is -0.128. The summed E-state index contributed by atoms with van der Waals surface area (Å²) < 4.78 is 15.4. The van der Waals surface area contributed by atoms with Crippen molar-refractivity contribution in [2.75, 3.05) is 33.4 Å². The van der Waals surface area contributed by atoms with E-state index >= 15 is 0 Å². The third-order valence-corrected chi connectivity index (χ3v) is 3.86. The Bertz CT molecular complexity index is 672. The minimum atomic E-state index is -0.432. The monoisotopic (exact) mass is 347 g/mol. The fraction of sp³-hybridized carbons (Fsp3) is 0.500. The number of carbonyl (C=O) groups excluding carboxylic acids is 1. The molecule has 1 aliphatic heterocycles. The van der Waals surface area contributed by atoms with E-state index in [1.54, 1.807) is 19.5 Å². The van der Waals surface area contributed by atoms with Crippen LogP contribution in [0.3, 0.4) is 0 Å². The fourth-order valence-electron chi connectivity index (χ4n) is 2.71. The highest BCUT2D eigenvalue weighted by Gasteiger charge is 2.29. The molecule has 2 aromatic heterocycles. The first-order valence-corrected chi connectivity index (χ1v) is 8.07. The molecule has 1 N–H and O–H groups in total. The Morgan fingerprint density at radius 3 is 3.00 bits per heavy atom. The minimum Gasteiger partial charge on any atom is -0.379 e. The average molecular weight is 347 g/mol. The maximum atomic E-state index is 12.8. The van der Waals surface area contributed by atoms with Gasteiger partial charge in [0.05, 0.1) is 19.8 Å². The molecule has 1 saturated heterocycles. The third-order valence-electron chi connectivity index (χ3n) is 3.86. The highest BCUT2D eigenvalue weighted by Crippen LogP contribution is 2.21. The molecule has 1 fully saturated rings. The fourth-order valence-corrected chi connectivity index (χ4v) is 2.71. The predicted molar refractivity (Wildman–Crippen MR) is 86.2 cm³/mol. The molecule has 0 radical (unpaired) electrons. The number of rotatable bonds is 7. The quantitative estimate of drug-likeness (QED) is 0.763. The summed E-state index contributed by atoms with van der Waals surface area (Å²) in [4.78, 5) is 23.2. The molecule has 134 valence electrons. The Hall–Kier alpha value is -2.36. The van der Waals surface area contributed by atoms with Crippen molar-refractivity contribution >= 4 is 5.91 Å². The van der Waals surface area contributed by atoms with Crippen LogP contribution in [0.4, 0.5) is 0 Å². The standard InChI is InChI=1S/C16H21N5O4/c1-23-11-13-19-14(25-20-13)10-18-16(22)15(12-3-2-4-17-9-12)21-5-7-24-8-6-21/h2-4,9,15H,5-8,10-11H2,1H3,(H,18,22)/t15-/m1/s1. The zero-order valence-corrected chi connectivity index (χ0v) is 14.1. The van der Waals surface area contributed by atoms with E-state index in [4.69, 9.17) is 14.0 Å². The lowest BCUT2D eigenvalue weighted by Crippen LogP contribution is -2.45. The molecule has 1 atom stereocenters. The summed E-state index contributed by atoms with van der Waals surface area (Å²) in [5.74, 6) is 0.650. The number of hydrogen-bond acceptors (Lipinski definition) is 8. The molecule has 0 spiro atoms. The van der Waals surface area contributed by atoms with Gasteiger partial charge < -0.3 is 19.3 Å². The van der Waals surface area contributed by atoms with Gasteiger partial charge in [-0.2, -0.15) is 4.98 Å². The lowest BCUT2D eigenvalue weighted by atomic mass is 10.1. The second-order valence-corrected chi connectivity index (χ2v) is 5.59. The minimum absolute atomic E-state index is 0.138. The van der Waals surface area contributed by atoms with Crippen molar-refractivity contribution in [2.45, 2.75) is 19.2 Å². The second kappa shape index (κ2) is 8.65. The summed E-state index contributed by atoms with van der Waals surface area (Å²) in [5.41, 5.74) is 0.840. The van der Waals surface area contributed by atoms with E-state index in [9.17, 15) is 4.79 Å². The molecule has 9 nitrogen and oxygen atoms in total. The summed E-state index contributed by atoms with van der Waals surface area (Å²) >= 11 is 0. The van der Waals surface area contributed by atoms with Gasteiger partial charge in [0, 0.05) is 32.6 Å². The maximum absolute atomic E-state index is 12.8. The van der Waals surface area contributed by atoms with Crippen molar-refractivity contribution < 1.29 is 18.8 Å². The third kappa shape index (κ3) is 4.59. The number of morpholine rings is 1. The second-order valence-electron chi connectivity index (χ2n) is 5.59. The van der Waals surface area contributed by atoms with E-state index in [-0.39, 0.29) is 19.1 Å². The van der Waals surface area contributed by atoms with E-state index in [0.717, 1.165) is 5.56 Å². The van der Waals surface area contributed by atoms with Gasteiger partial charge in [0.25, 0.3) is 0 Å². The van der Waals surface area contributed by atoms with E-state index in [1.165, 1.54) is 0 Å². The highest BCUT2D eigenvalue weighted by atomic mass is 16.5. The summed E-state index contributed by atoms with van der Waals surface area (Å²) in [6.45, 7) is 3.01. The largest absolute Gasteiger partial charge is 0.379 e. The lowest BCUT2D eigenvalue weighted by Gasteiger charge is -2.33. The maximum Gasteiger partial charge on any atom is 0.246 e. The molecule has 0 bridgehead atoms. The normalized spacial score (nSPS) is 16.5. The molecule has 25 heavy (non-hydrogen) atoms. The topological polar surface area (TPSA) is 103 Å². The summed E-state index contributed by atoms with van der Waals surface area (Å²) in [7, 11) is 1.55. The Morgan fingerprint density at radius 2 is 2.28 bits per heavy atom. The molecule has 0 saturated carbocycles. The van der Waals surface area contributed by atoms with Gasteiger partial charge >= 0.3 is 0 Å². The summed E-state index contributed by atoms with van der Waals surface area (Å²) in [5, 5.41) is 6.64. The van der Waals surface area contributed by atoms with Crippen LogP contribution >= 0.6 is 0 Å². The molecule has 2 aromatic rings. The number of hydrogen-bond donors (Lipinski definition) is 1. The van der Waals surface area contributed by atoms with E-state index < -0.39 is 6.04 Å². The van der Waals surface area contributed by atoms with Gasteiger partial charge in [-0.25, -0.2) is 0 Å². The van der Waals surface area contributed by atoms with Crippen molar-refractivity contribution in [2.24, 2.45) is 0 Å². The van der Waals surface area contributed by atoms with Crippen LogP contribution in [0.1, 0.15) is 23.3 Å². The van der Waals surface area contributed by atoms with E-state index in [2.05, 4.69) is 25.3 Å². The molecule has 0 aliphatic carbocycles. The van der Waals surface area contributed by atoms with Crippen LogP contribution in [0, 0.1) is 0 Å². The Labute approximate surface area is 145 Å². The Kier molecular flexibility index (Phi) is 6.04. The molecule has 0 unspecified atom stereocenters. The van der Waals surface area contributed by atoms with Crippen molar-refractivity contribution in [3.8, 4) is 0 Å². The van der Waals surface area contributed by atoms with Crippen LogP contribution in [-0.4, -0.2) is 59.3 Å². The highest BCUT2D eigenvalue weighted by molar-refractivity contribution is 5.83. The first kappa shape index (κ1) is 17.5. The summed E-state index contributed by atoms with van der Waals surface area (Å²) in [6.07, 6.45) is 3.40. The van der Waals surface area contributed by atoms with Gasteiger partial charge in [0.1, 0.15) is 12.6 Å². The van der Waals surface area contributed by atoms with Crippen molar-refractivity contribution in [3.63, 3.8) is 0 Å². The molecular formula is C16H21N5O4. The van der Waals surface area contributed by atoms with Gasteiger partial charge in [0.15, 0.2) is 5.82 Å². The van der Waals surface area contributed by atoms with Crippen molar-refractivity contribution in [1.29, 1.82) is 0 Å². The van der Waals surface area contributed by atoms with Crippen LogP contribution in [0.15, 0.2) is 29.0 Å². The number of nitrogens with zero attached hydrogens (tertiary/aromatic N) is 4. The van der Waals surface area contributed by atoms with Crippen LogP contribution < -0.4 is 5.32 Å². The van der Waals surface area contributed by atoms with E-state index in [1.807, 2.05) is 12.1 Å². The van der Waals surface area contributed by atoms with Crippen molar-refractivity contribution in [3.05, 3.63) is 41.8 Å². The number of pyridine rings is 1. The van der Waals surface area contributed by atoms with Crippen LogP contribution in [0.25, 0.3) is 0 Å². The zero-order valence-electron chi connectivity index (χ0n) is 14.1. The van der Waals surface area contributed by atoms with Gasteiger partial charge in [0.2, 0.25) is 11.8 Å². The zero-order chi connectivity index (χ0) is 17.5.